The second-order valence-corrected chi connectivity index (χ2v) is 7.25. The van der Waals surface area contributed by atoms with Gasteiger partial charge in [0.1, 0.15) is 27.1 Å². The Kier molecular flexibility index (Phi) is 5.18. The van der Waals surface area contributed by atoms with Crippen molar-refractivity contribution < 1.29 is 19.1 Å². The Morgan fingerprint density at radius 2 is 2.00 bits per heavy atom. The van der Waals surface area contributed by atoms with Crippen molar-refractivity contribution >= 4 is 33.3 Å². The van der Waals surface area contributed by atoms with Crippen LogP contribution < -0.4 is 5.56 Å². The molecule has 0 fully saturated rings. The summed E-state index contributed by atoms with van der Waals surface area (Å²) in [6, 6.07) is 6.18. The van der Waals surface area contributed by atoms with Gasteiger partial charge < -0.3 is 5.11 Å². The molecule has 0 saturated carbocycles. The topological polar surface area (TPSA) is 89.3 Å². The molecule has 0 saturated heterocycles. The molecule has 0 atom stereocenters. The molecule has 0 bridgehead atoms. The van der Waals surface area contributed by atoms with Crippen LogP contribution in [0.25, 0.3) is 10.2 Å². The quantitative estimate of drug-likeness (QED) is 0.701. The highest BCUT2D eigenvalue weighted by molar-refractivity contribution is 7.20. The van der Waals surface area contributed by atoms with Gasteiger partial charge in [-0.3, -0.25) is 14.2 Å². The number of Topliss-reactive ketones (excluding diaryl/α,β-unsaturated/α-hetero) is 1. The van der Waals surface area contributed by atoms with Gasteiger partial charge in [-0.05, 0) is 31.0 Å². The van der Waals surface area contributed by atoms with Gasteiger partial charge in [0.2, 0.25) is 0 Å². The Balaban J connectivity index is 2.22. The molecule has 2 aromatic heterocycles. The molecule has 3 aromatic rings. The van der Waals surface area contributed by atoms with Crippen LogP contribution in [0.3, 0.4) is 0 Å². The highest BCUT2D eigenvalue weighted by atomic mass is 32.1. The predicted molar refractivity (Wildman–Crippen MR) is 100 cm³/mol. The first kappa shape index (κ1) is 18.9. The lowest BCUT2D eigenvalue weighted by Crippen LogP contribution is -2.26. The van der Waals surface area contributed by atoms with Gasteiger partial charge >= 0.3 is 5.97 Å². The first-order valence-corrected chi connectivity index (χ1v) is 9.10. The van der Waals surface area contributed by atoms with Crippen molar-refractivity contribution in [2.45, 2.75) is 33.2 Å². The van der Waals surface area contributed by atoms with Crippen LogP contribution in [0.1, 0.15) is 40.0 Å². The van der Waals surface area contributed by atoms with Crippen LogP contribution in [0, 0.1) is 12.7 Å². The smallest absolute Gasteiger partial charge is 0.346 e. The summed E-state index contributed by atoms with van der Waals surface area (Å²) in [5.41, 5.74) is 0.315. The van der Waals surface area contributed by atoms with Crippen molar-refractivity contribution in [3.8, 4) is 0 Å². The van der Waals surface area contributed by atoms with E-state index in [4.69, 9.17) is 0 Å². The number of hydrogen-bond acceptors (Lipinski definition) is 5. The van der Waals surface area contributed by atoms with Crippen molar-refractivity contribution in [2.75, 3.05) is 0 Å². The van der Waals surface area contributed by atoms with Crippen molar-refractivity contribution in [3.05, 3.63) is 62.3 Å². The Labute approximate surface area is 157 Å². The van der Waals surface area contributed by atoms with Gasteiger partial charge in [0.15, 0.2) is 0 Å². The third kappa shape index (κ3) is 3.66. The number of carbonyl (C=O) groups is 2. The second kappa shape index (κ2) is 7.40. The molecule has 0 unspecified atom stereocenters. The Morgan fingerprint density at radius 3 is 2.63 bits per heavy atom. The maximum atomic E-state index is 14.1. The van der Waals surface area contributed by atoms with Gasteiger partial charge in [-0.25, -0.2) is 14.2 Å². The van der Waals surface area contributed by atoms with Crippen molar-refractivity contribution in [3.63, 3.8) is 0 Å². The number of benzene rings is 1. The van der Waals surface area contributed by atoms with Crippen molar-refractivity contribution in [1.29, 1.82) is 0 Å². The number of fused-ring (bicyclic) bond motifs is 1. The van der Waals surface area contributed by atoms with Crippen LogP contribution in [-0.2, 0) is 17.8 Å². The average Bonchev–Trinajstić information content (AvgIpc) is 2.93. The van der Waals surface area contributed by atoms with Crippen LogP contribution in [0.5, 0.6) is 0 Å². The molecule has 1 aromatic carbocycles. The van der Waals surface area contributed by atoms with Gasteiger partial charge in [-0.15, -0.1) is 11.3 Å². The Bertz CT molecular complexity index is 1120. The summed E-state index contributed by atoms with van der Waals surface area (Å²) in [4.78, 5) is 40.6. The van der Waals surface area contributed by atoms with E-state index in [2.05, 4.69) is 4.98 Å². The summed E-state index contributed by atoms with van der Waals surface area (Å²) < 4.78 is 15.4. The summed E-state index contributed by atoms with van der Waals surface area (Å²) in [6.45, 7) is 3.10. The number of nitrogens with zero attached hydrogens (tertiary/aromatic N) is 2. The van der Waals surface area contributed by atoms with Gasteiger partial charge in [-0.1, -0.05) is 18.2 Å². The fourth-order valence-electron chi connectivity index (χ4n) is 2.91. The molecule has 0 radical (unpaired) electrons. The first-order valence-electron chi connectivity index (χ1n) is 8.28. The molecular weight excluding hydrogens is 371 g/mol. The number of rotatable bonds is 6. The number of aromatic nitrogens is 2. The molecule has 140 valence electrons. The number of halogens is 1. The normalized spacial score (nSPS) is 11.1. The monoisotopic (exact) mass is 388 g/mol. The molecule has 0 amide bonds. The van der Waals surface area contributed by atoms with Gasteiger partial charge in [0, 0.05) is 19.4 Å². The van der Waals surface area contributed by atoms with Crippen LogP contribution in [0.4, 0.5) is 4.39 Å². The van der Waals surface area contributed by atoms with E-state index in [1.807, 2.05) is 0 Å². The number of hydrogen-bond donors (Lipinski definition) is 1. The van der Waals surface area contributed by atoms with E-state index in [-0.39, 0.29) is 35.4 Å². The Hall–Kier alpha value is -2.87. The lowest BCUT2D eigenvalue weighted by Gasteiger charge is -2.12. The van der Waals surface area contributed by atoms with Gasteiger partial charge in [0.25, 0.3) is 5.56 Å². The molecule has 6 nitrogen and oxygen atoms in total. The Morgan fingerprint density at radius 1 is 1.30 bits per heavy atom. The maximum absolute atomic E-state index is 14.1. The fourth-order valence-corrected chi connectivity index (χ4v) is 3.94. The number of carboxylic acid groups (broad SMARTS) is 1. The molecule has 0 spiro atoms. The largest absolute Gasteiger partial charge is 0.477 e. The van der Waals surface area contributed by atoms with E-state index >= 15 is 0 Å². The molecule has 27 heavy (non-hydrogen) atoms. The fraction of sp³-hybridized carbons (Fsp3) is 0.263. The third-order valence-corrected chi connectivity index (χ3v) is 5.49. The standard InChI is InChI=1S/C19H17FN2O4S/c1-10(23)7-8-22-14(9-12-5-3-4-6-13(12)20)21-17-15(18(22)24)11(2)16(27-17)19(25)26/h3-6H,7-9H2,1-2H3,(H,25,26). The zero-order valence-corrected chi connectivity index (χ0v) is 15.6. The van der Waals surface area contributed by atoms with Crippen LogP contribution in [0.2, 0.25) is 0 Å². The number of aryl methyl sites for hydroxylation is 1. The molecule has 1 N–H and O–H groups in total. The number of carboxylic acids is 1. The van der Waals surface area contributed by atoms with Crippen molar-refractivity contribution in [2.24, 2.45) is 0 Å². The summed E-state index contributed by atoms with van der Waals surface area (Å²) in [5, 5.41) is 9.56. The summed E-state index contributed by atoms with van der Waals surface area (Å²) in [7, 11) is 0. The highest BCUT2D eigenvalue weighted by Gasteiger charge is 2.21. The van der Waals surface area contributed by atoms with Gasteiger partial charge in [0.05, 0.1) is 5.39 Å². The van der Waals surface area contributed by atoms with Crippen LogP contribution in [-0.4, -0.2) is 26.4 Å². The molecule has 3 rings (SSSR count). The summed E-state index contributed by atoms with van der Waals surface area (Å²) >= 11 is 0.924. The van der Waals surface area contributed by atoms with Crippen LogP contribution in [0.15, 0.2) is 29.1 Å². The predicted octanol–water partition coefficient (Wildman–Crippen LogP) is 3.17. The number of thiophene rings is 1. The highest BCUT2D eigenvalue weighted by Crippen LogP contribution is 2.28. The van der Waals surface area contributed by atoms with E-state index in [1.165, 1.54) is 17.6 Å². The maximum Gasteiger partial charge on any atom is 0.346 e. The lowest BCUT2D eigenvalue weighted by atomic mass is 10.1. The zero-order chi connectivity index (χ0) is 19.7. The van der Waals surface area contributed by atoms with E-state index in [0.717, 1.165) is 11.3 Å². The number of ketones is 1. The number of carbonyl (C=O) groups excluding carboxylic acids is 1. The average molecular weight is 388 g/mol. The minimum absolute atomic E-state index is 0.0516. The number of aromatic carboxylic acids is 1. The van der Waals surface area contributed by atoms with Crippen LogP contribution >= 0.6 is 11.3 Å². The summed E-state index contributed by atoms with van der Waals surface area (Å²) in [5.74, 6) is -1.33. The zero-order valence-electron chi connectivity index (χ0n) is 14.8. The molecule has 0 aliphatic carbocycles. The van der Waals surface area contributed by atoms with E-state index in [1.54, 1.807) is 25.1 Å². The molecule has 0 aliphatic rings. The van der Waals surface area contributed by atoms with E-state index in [9.17, 15) is 23.9 Å². The second-order valence-electron chi connectivity index (χ2n) is 6.25. The first-order chi connectivity index (χ1) is 12.8. The van der Waals surface area contributed by atoms with E-state index < -0.39 is 17.3 Å². The van der Waals surface area contributed by atoms with Crippen molar-refractivity contribution in [1.82, 2.24) is 9.55 Å². The molecular formula is C19H17FN2O4S. The molecule has 0 aliphatic heterocycles. The summed E-state index contributed by atoms with van der Waals surface area (Å²) in [6.07, 6.45) is 0.196. The SMILES string of the molecule is CC(=O)CCn1c(Cc2ccccc2F)nc2sc(C(=O)O)c(C)c2c1=O. The molecule has 2 heterocycles. The third-order valence-electron chi connectivity index (χ3n) is 4.32. The minimum Gasteiger partial charge on any atom is -0.477 e. The minimum atomic E-state index is -1.12. The van der Waals surface area contributed by atoms with E-state index in [0.29, 0.717) is 21.8 Å². The van der Waals surface area contributed by atoms with Gasteiger partial charge in [-0.2, -0.15) is 0 Å². The lowest BCUT2D eigenvalue weighted by molar-refractivity contribution is -0.117. The molecule has 8 heteroatoms.